The molecule has 0 fully saturated rings. The summed E-state index contributed by atoms with van der Waals surface area (Å²) in [7, 11) is 0. The zero-order valence-electron chi connectivity index (χ0n) is 18.3. The third-order valence-electron chi connectivity index (χ3n) is 4.59. The Hall–Kier alpha value is -2.73. The maximum atomic E-state index is 12.8. The summed E-state index contributed by atoms with van der Waals surface area (Å²) in [5, 5.41) is 16.4. The number of carboxylic acids is 1. The number of unbranched alkanes of at least 4 members (excludes halogenated alkanes) is 1. The molecule has 0 aliphatic heterocycles. The first-order chi connectivity index (χ1) is 14.4. The van der Waals surface area contributed by atoms with Crippen molar-refractivity contribution >= 4 is 29.6 Å². The van der Waals surface area contributed by atoms with E-state index in [-0.39, 0.29) is 25.2 Å². The van der Waals surface area contributed by atoms with Crippen molar-refractivity contribution < 1.29 is 29.1 Å². The Morgan fingerprint density at radius 3 is 1.97 bits per heavy atom. The van der Waals surface area contributed by atoms with Gasteiger partial charge in [-0.1, -0.05) is 13.8 Å². The number of primary amides is 1. The van der Waals surface area contributed by atoms with Crippen LogP contribution in [0.1, 0.15) is 52.9 Å². The highest BCUT2D eigenvalue weighted by molar-refractivity contribution is 5.94. The van der Waals surface area contributed by atoms with Crippen molar-refractivity contribution in [3.8, 4) is 0 Å². The summed E-state index contributed by atoms with van der Waals surface area (Å²) in [5.41, 5.74) is 16.3. The summed E-state index contributed by atoms with van der Waals surface area (Å²) in [4.78, 5) is 59.5. The standard InChI is InChI=1S/C19H36N6O6/c1-10(2)15(25-16(27)12(21)7-8-14(22)26)18(29)24-13(6-4-5-9-20)17(28)23-11(3)19(30)31/h10-13,15H,4-9,20-21H2,1-3H3,(H2,22,26)(H,23,28)(H,24,29)(H,25,27)(H,30,31). The lowest BCUT2D eigenvalue weighted by Gasteiger charge is -2.26. The van der Waals surface area contributed by atoms with Crippen molar-refractivity contribution in [2.24, 2.45) is 23.1 Å². The van der Waals surface area contributed by atoms with Gasteiger partial charge in [-0.25, -0.2) is 0 Å². The minimum absolute atomic E-state index is 0.0325. The molecule has 178 valence electrons. The summed E-state index contributed by atoms with van der Waals surface area (Å²) < 4.78 is 0. The smallest absolute Gasteiger partial charge is 0.325 e. The van der Waals surface area contributed by atoms with Gasteiger partial charge in [0.1, 0.15) is 18.1 Å². The fraction of sp³-hybridized carbons (Fsp3) is 0.737. The highest BCUT2D eigenvalue weighted by atomic mass is 16.4. The average Bonchev–Trinajstić information content (AvgIpc) is 2.68. The largest absolute Gasteiger partial charge is 0.480 e. The van der Waals surface area contributed by atoms with Gasteiger partial charge in [-0.2, -0.15) is 0 Å². The Bertz CT molecular complexity index is 641. The summed E-state index contributed by atoms with van der Waals surface area (Å²) in [5.74, 6) is -4.02. The van der Waals surface area contributed by atoms with Crippen molar-refractivity contribution in [1.82, 2.24) is 16.0 Å². The Labute approximate surface area is 182 Å². The molecule has 0 aliphatic rings. The number of nitrogens with one attached hydrogen (secondary N) is 3. The number of carbonyl (C=O) groups is 5. The number of aliphatic carboxylic acids is 1. The first-order valence-electron chi connectivity index (χ1n) is 10.3. The molecule has 0 saturated carbocycles. The van der Waals surface area contributed by atoms with Crippen molar-refractivity contribution in [1.29, 1.82) is 0 Å². The van der Waals surface area contributed by atoms with Crippen LogP contribution in [0.4, 0.5) is 0 Å². The van der Waals surface area contributed by atoms with Gasteiger partial charge >= 0.3 is 5.97 Å². The Morgan fingerprint density at radius 1 is 0.871 bits per heavy atom. The fourth-order valence-electron chi connectivity index (χ4n) is 2.62. The van der Waals surface area contributed by atoms with Crippen LogP contribution in [0.2, 0.25) is 0 Å². The molecule has 0 spiro atoms. The quantitative estimate of drug-likeness (QED) is 0.139. The number of carbonyl (C=O) groups excluding carboxylic acids is 4. The van der Waals surface area contributed by atoms with Crippen LogP contribution in [-0.2, 0) is 24.0 Å². The minimum Gasteiger partial charge on any atom is -0.480 e. The average molecular weight is 445 g/mol. The number of carboxylic acid groups (broad SMARTS) is 1. The Kier molecular flexibility index (Phi) is 13.0. The molecular formula is C19H36N6O6. The van der Waals surface area contributed by atoms with E-state index in [9.17, 15) is 24.0 Å². The fourth-order valence-corrected chi connectivity index (χ4v) is 2.62. The van der Waals surface area contributed by atoms with E-state index in [4.69, 9.17) is 22.3 Å². The van der Waals surface area contributed by atoms with Crippen LogP contribution in [0.5, 0.6) is 0 Å². The van der Waals surface area contributed by atoms with Crippen molar-refractivity contribution in [3.05, 3.63) is 0 Å². The number of nitrogens with two attached hydrogens (primary N) is 3. The monoisotopic (exact) mass is 444 g/mol. The van der Waals surface area contributed by atoms with Gasteiger partial charge in [-0.3, -0.25) is 24.0 Å². The highest BCUT2D eigenvalue weighted by Crippen LogP contribution is 2.07. The van der Waals surface area contributed by atoms with Crippen LogP contribution in [-0.4, -0.2) is 65.4 Å². The summed E-state index contributed by atoms with van der Waals surface area (Å²) in [6, 6.07) is -4.15. The molecule has 0 radical (unpaired) electrons. The molecule has 12 heteroatoms. The lowest BCUT2D eigenvalue weighted by molar-refractivity contribution is -0.142. The predicted molar refractivity (Wildman–Crippen MR) is 113 cm³/mol. The van der Waals surface area contributed by atoms with Crippen LogP contribution >= 0.6 is 0 Å². The lowest BCUT2D eigenvalue weighted by atomic mass is 10.0. The summed E-state index contributed by atoms with van der Waals surface area (Å²) in [6.07, 6.45) is 1.36. The van der Waals surface area contributed by atoms with Crippen LogP contribution in [0.25, 0.3) is 0 Å². The summed E-state index contributed by atoms with van der Waals surface area (Å²) in [6.45, 7) is 5.12. The van der Waals surface area contributed by atoms with Crippen LogP contribution in [0, 0.1) is 5.92 Å². The highest BCUT2D eigenvalue weighted by Gasteiger charge is 2.30. The Balaban J connectivity index is 5.23. The topological polar surface area (TPSA) is 220 Å². The molecule has 0 aliphatic carbocycles. The zero-order chi connectivity index (χ0) is 24.1. The van der Waals surface area contributed by atoms with E-state index < -0.39 is 53.8 Å². The van der Waals surface area contributed by atoms with Gasteiger partial charge in [-0.15, -0.1) is 0 Å². The van der Waals surface area contributed by atoms with Crippen molar-refractivity contribution in [2.45, 2.75) is 77.0 Å². The Morgan fingerprint density at radius 2 is 1.48 bits per heavy atom. The second kappa shape index (κ2) is 14.3. The van der Waals surface area contributed by atoms with E-state index in [0.717, 1.165) is 0 Å². The van der Waals surface area contributed by atoms with Crippen LogP contribution in [0.3, 0.4) is 0 Å². The minimum atomic E-state index is -1.21. The number of rotatable bonds is 15. The van der Waals surface area contributed by atoms with Gasteiger partial charge in [0.05, 0.1) is 6.04 Å². The van der Waals surface area contributed by atoms with Gasteiger partial charge in [0.25, 0.3) is 0 Å². The van der Waals surface area contributed by atoms with E-state index in [2.05, 4.69) is 16.0 Å². The van der Waals surface area contributed by atoms with Gasteiger partial charge < -0.3 is 38.3 Å². The SMILES string of the molecule is CC(NC(=O)C(CCCCN)NC(=O)C(NC(=O)C(N)CCC(N)=O)C(C)C)C(=O)O. The molecule has 12 nitrogen and oxygen atoms in total. The third-order valence-corrected chi connectivity index (χ3v) is 4.59. The molecule has 10 N–H and O–H groups in total. The molecule has 0 aromatic rings. The van der Waals surface area contributed by atoms with Crippen LogP contribution in [0.15, 0.2) is 0 Å². The summed E-state index contributed by atoms with van der Waals surface area (Å²) >= 11 is 0. The van der Waals surface area contributed by atoms with E-state index >= 15 is 0 Å². The molecule has 0 rings (SSSR count). The number of amides is 4. The third kappa shape index (κ3) is 11.3. The molecule has 0 aromatic carbocycles. The molecule has 4 amide bonds. The molecular weight excluding hydrogens is 408 g/mol. The molecule has 0 aromatic heterocycles. The first kappa shape index (κ1) is 28.3. The predicted octanol–water partition coefficient (Wildman–Crippen LogP) is -2.08. The van der Waals surface area contributed by atoms with E-state index in [1.165, 1.54) is 6.92 Å². The van der Waals surface area contributed by atoms with E-state index in [1.807, 2.05) is 0 Å². The van der Waals surface area contributed by atoms with Gasteiger partial charge in [0.15, 0.2) is 0 Å². The molecule has 0 heterocycles. The van der Waals surface area contributed by atoms with E-state index in [1.54, 1.807) is 13.8 Å². The molecule has 0 saturated heterocycles. The van der Waals surface area contributed by atoms with Crippen molar-refractivity contribution in [3.63, 3.8) is 0 Å². The van der Waals surface area contributed by atoms with Crippen LogP contribution < -0.4 is 33.2 Å². The zero-order valence-corrected chi connectivity index (χ0v) is 18.3. The van der Waals surface area contributed by atoms with Gasteiger partial charge in [0.2, 0.25) is 23.6 Å². The lowest BCUT2D eigenvalue weighted by Crippen LogP contribution is -2.58. The van der Waals surface area contributed by atoms with Gasteiger partial charge in [-0.05, 0) is 45.1 Å². The molecule has 4 unspecified atom stereocenters. The first-order valence-corrected chi connectivity index (χ1v) is 10.3. The van der Waals surface area contributed by atoms with Crippen molar-refractivity contribution in [2.75, 3.05) is 6.54 Å². The molecule has 0 bridgehead atoms. The molecule has 31 heavy (non-hydrogen) atoms. The second-order valence-corrected chi connectivity index (χ2v) is 7.76. The molecule has 4 atom stereocenters. The maximum absolute atomic E-state index is 12.8. The number of hydrogen-bond acceptors (Lipinski definition) is 7. The normalized spacial score (nSPS) is 14.8. The van der Waals surface area contributed by atoms with E-state index in [0.29, 0.717) is 19.4 Å². The number of hydrogen-bond donors (Lipinski definition) is 7. The maximum Gasteiger partial charge on any atom is 0.325 e. The second-order valence-electron chi connectivity index (χ2n) is 7.76. The van der Waals surface area contributed by atoms with Gasteiger partial charge in [0, 0.05) is 6.42 Å².